The molecule has 0 aliphatic carbocycles. The van der Waals surface area contributed by atoms with Gasteiger partial charge in [-0.1, -0.05) is 70.4 Å². The standard InChI is InChI=1S/C24H47NO4/c1-2-3-4-5-6-7-8-9-10-11-12-13-14-15-16-17-24(28)29-23-20-25(18-21-26)19-22-27/h9-10,26-27H,2-8,11-23H2,1H3/b10-9-. The van der Waals surface area contributed by atoms with Crippen molar-refractivity contribution in [3.8, 4) is 0 Å². The van der Waals surface area contributed by atoms with Crippen LogP contribution in [0.5, 0.6) is 0 Å². The molecule has 172 valence electrons. The molecule has 0 aromatic heterocycles. The van der Waals surface area contributed by atoms with E-state index in [1.165, 1.54) is 70.6 Å². The van der Waals surface area contributed by atoms with E-state index in [4.69, 9.17) is 14.9 Å². The van der Waals surface area contributed by atoms with Crippen LogP contribution in [0.4, 0.5) is 0 Å². The summed E-state index contributed by atoms with van der Waals surface area (Å²) in [5.74, 6) is -0.143. The highest BCUT2D eigenvalue weighted by Crippen LogP contribution is 2.10. The van der Waals surface area contributed by atoms with Crippen LogP contribution in [0.1, 0.15) is 96.8 Å². The first-order valence-electron chi connectivity index (χ1n) is 12.0. The summed E-state index contributed by atoms with van der Waals surface area (Å²) >= 11 is 0. The van der Waals surface area contributed by atoms with E-state index >= 15 is 0 Å². The molecule has 0 aromatic carbocycles. The van der Waals surface area contributed by atoms with Gasteiger partial charge in [0.2, 0.25) is 0 Å². The van der Waals surface area contributed by atoms with Crippen LogP contribution in [0, 0.1) is 0 Å². The van der Waals surface area contributed by atoms with Crippen LogP contribution in [-0.2, 0) is 9.53 Å². The summed E-state index contributed by atoms with van der Waals surface area (Å²) < 4.78 is 5.23. The fourth-order valence-corrected chi connectivity index (χ4v) is 3.32. The zero-order chi connectivity index (χ0) is 21.4. The molecular weight excluding hydrogens is 366 g/mol. The Balaban J connectivity index is 3.36. The van der Waals surface area contributed by atoms with Gasteiger partial charge in [-0.15, -0.1) is 0 Å². The molecule has 0 rings (SSSR count). The Hall–Kier alpha value is -0.910. The van der Waals surface area contributed by atoms with Crippen molar-refractivity contribution in [1.29, 1.82) is 0 Å². The van der Waals surface area contributed by atoms with E-state index in [1.54, 1.807) is 0 Å². The molecule has 0 heterocycles. The fourth-order valence-electron chi connectivity index (χ4n) is 3.32. The Morgan fingerprint density at radius 1 is 0.759 bits per heavy atom. The predicted octanol–water partition coefficient (Wildman–Crippen LogP) is 4.85. The van der Waals surface area contributed by atoms with Crippen molar-refractivity contribution in [3.05, 3.63) is 12.2 Å². The van der Waals surface area contributed by atoms with Crippen molar-refractivity contribution in [1.82, 2.24) is 4.90 Å². The smallest absolute Gasteiger partial charge is 0.305 e. The minimum Gasteiger partial charge on any atom is -0.464 e. The highest BCUT2D eigenvalue weighted by Gasteiger charge is 2.06. The third kappa shape index (κ3) is 21.6. The number of hydrogen-bond acceptors (Lipinski definition) is 5. The van der Waals surface area contributed by atoms with Crippen LogP contribution >= 0.6 is 0 Å². The van der Waals surface area contributed by atoms with E-state index in [1.807, 2.05) is 4.90 Å². The molecule has 0 bridgehead atoms. The quantitative estimate of drug-likeness (QED) is 0.151. The molecule has 0 aliphatic rings. The first-order chi connectivity index (χ1) is 14.2. The van der Waals surface area contributed by atoms with Gasteiger partial charge in [0.1, 0.15) is 6.61 Å². The Kier molecular flexibility index (Phi) is 22.6. The van der Waals surface area contributed by atoms with E-state index < -0.39 is 0 Å². The summed E-state index contributed by atoms with van der Waals surface area (Å²) in [5, 5.41) is 17.9. The van der Waals surface area contributed by atoms with Gasteiger partial charge in [0.05, 0.1) is 13.2 Å². The van der Waals surface area contributed by atoms with Gasteiger partial charge < -0.3 is 14.9 Å². The molecule has 2 N–H and O–H groups in total. The maximum atomic E-state index is 11.7. The van der Waals surface area contributed by atoms with Crippen molar-refractivity contribution in [2.45, 2.75) is 96.8 Å². The number of carbonyl (C=O) groups excluding carboxylic acids is 1. The molecule has 0 saturated heterocycles. The van der Waals surface area contributed by atoms with Gasteiger partial charge >= 0.3 is 5.97 Å². The molecule has 0 saturated carbocycles. The minimum absolute atomic E-state index is 0.0445. The largest absolute Gasteiger partial charge is 0.464 e. The number of allylic oxidation sites excluding steroid dienone is 2. The van der Waals surface area contributed by atoms with Crippen molar-refractivity contribution < 1.29 is 19.7 Å². The number of ether oxygens (including phenoxy) is 1. The fraction of sp³-hybridized carbons (Fsp3) is 0.875. The molecular formula is C24H47NO4. The molecule has 0 amide bonds. The van der Waals surface area contributed by atoms with Crippen LogP contribution in [0.3, 0.4) is 0 Å². The number of esters is 1. The number of nitrogens with zero attached hydrogens (tertiary/aromatic N) is 1. The average molecular weight is 414 g/mol. The third-order valence-corrected chi connectivity index (χ3v) is 5.15. The van der Waals surface area contributed by atoms with Crippen molar-refractivity contribution in [2.24, 2.45) is 0 Å². The highest BCUT2D eigenvalue weighted by atomic mass is 16.5. The average Bonchev–Trinajstić information content (AvgIpc) is 2.71. The second-order valence-electron chi connectivity index (χ2n) is 7.84. The lowest BCUT2D eigenvalue weighted by Gasteiger charge is -2.19. The lowest BCUT2D eigenvalue weighted by molar-refractivity contribution is -0.144. The molecule has 0 aromatic rings. The van der Waals surface area contributed by atoms with Crippen LogP contribution in [0.25, 0.3) is 0 Å². The van der Waals surface area contributed by atoms with Crippen LogP contribution in [0.15, 0.2) is 12.2 Å². The SMILES string of the molecule is CCCCCCCC/C=C\CCCCCCCC(=O)OCCN(CCO)CCO. The van der Waals surface area contributed by atoms with Crippen LogP contribution in [0.2, 0.25) is 0 Å². The van der Waals surface area contributed by atoms with Gasteiger partial charge in [-0.25, -0.2) is 0 Å². The van der Waals surface area contributed by atoms with Gasteiger partial charge in [0.15, 0.2) is 0 Å². The second-order valence-corrected chi connectivity index (χ2v) is 7.84. The van der Waals surface area contributed by atoms with Gasteiger partial charge in [-0.05, 0) is 32.1 Å². The Morgan fingerprint density at radius 3 is 1.83 bits per heavy atom. The van der Waals surface area contributed by atoms with Crippen molar-refractivity contribution in [3.63, 3.8) is 0 Å². The Bertz CT molecular complexity index is 368. The van der Waals surface area contributed by atoms with E-state index in [9.17, 15) is 4.79 Å². The van der Waals surface area contributed by atoms with E-state index in [2.05, 4.69) is 19.1 Å². The predicted molar refractivity (Wildman–Crippen MR) is 121 cm³/mol. The van der Waals surface area contributed by atoms with Gasteiger partial charge in [0, 0.05) is 26.1 Å². The van der Waals surface area contributed by atoms with Crippen LogP contribution < -0.4 is 0 Å². The van der Waals surface area contributed by atoms with E-state index in [-0.39, 0.29) is 19.2 Å². The summed E-state index contributed by atoms with van der Waals surface area (Å²) in [4.78, 5) is 13.6. The molecule has 5 heteroatoms. The number of carbonyl (C=O) groups is 1. The van der Waals surface area contributed by atoms with Gasteiger partial charge in [-0.3, -0.25) is 9.69 Å². The number of aliphatic hydroxyl groups is 2. The Morgan fingerprint density at radius 2 is 1.28 bits per heavy atom. The first kappa shape index (κ1) is 28.1. The van der Waals surface area contributed by atoms with E-state index in [0.29, 0.717) is 32.7 Å². The zero-order valence-corrected chi connectivity index (χ0v) is 19.0. The van der Waals surface area contributed by atoms with Crippen molar-refractivity contribution >= 4 is 5.97 Å². The lowest BCUT2D eigenvalue weighted by atomic mass is 10.1. The minimum atomic E-state index is -0.143. The third-order valence-electron chi connectivity index (χ3n) is 5.15. The molecule has 0 radical (unpaired) electrons. The zero-order valence-electron chi connectivity index (χ0n) is 19.0. The van der Waals surface area contributed by atoms with Crippen molar-refractivity contribution in [2.75, 3.05) is 39.5 Å². The number of rotatable bonds is 22. The molecule has 0 unspecified atom stereocenters. The summed E-state index contributed by atoms with van der Waals surface area (Å²) in [6, 6.07) is 0. The molecule has 0 atom stereocenters. The van der Waals surface area contributed by atoms with Crippen LogP contribution in [-0.4, -0.2) is 60.5 Å². The normalized spacial score (nSPS) is 11.6. The van der Waals surface area contributed by atoms with Gasteiger partial charge in [-0.2, -0.15) is 0 Å². The molecule has 0 aliphatic heterocycles. The lowest BCUT2D eigenvalue weighted by Crippen LogP contribution is -2.33. The number of unbranched alkanes of at least 4 members (excludes halogenated alkanes) is 11. The number of hydrogen-bond donors (Lipinski definition) is 2. The summed E-state index contributed by atoms with van der Waals surface area (Å²) in [5.41, 5.74) is 0. The van der Waals surface area contributed by atoms with Gasteiger partial charge in [0.25, 0.3) is 0 Å². The molecule has 0 fully saturated rings. The summed E-state index contributed by atoms with van der Waals surface area (Å²) in [6.45, 7) is 4.21. The van der Waals surface area contributed by atoms with E-state index in [0.717, 1.165) is 12.8 Å². The first-order valence-corrected chi connectivity index (χ1v) is 12.0. The topological polar surface area (TPSA) is 70.0 Å². The molecule has 29 heavy (non-hydrogen) atoms. The summed E-state index contributed by atoms with van der Waals surface area (Å²) in [6.07, 6.45) is 21.4. The highest BCUT2D eigenvalue weighted by molar-refractivity contribution is 5.69. The number of aliphatic hydroxyl groups excluding tert-OH is 2. The molecule has 5 nitrogen and oxygen atoms in total. The summed E-state index contributed by atoms with van der Waals surface area (Å²) in [7, 11) is 0. The Labute approximate surface area is 179 Å². The maximum Gasteiger partial charge on any atom is 0.305 e. The maximum absolute atomic E-state index is 11.7. The monoisotopic (exact) mass is 413 g/mol. The molecule has 0 spiro atoms. The second kappa shape index (κ2) is 23.4.